The van der Waals surface area contributed by atoms with Gasteiger partial charge >= 0.3 is 0 Å². The highest BCUT2D eigenvalue weighted by atomic mass is 35.5. The summed E-state index contributed by atoms with van der Waals surface area (Å²) in [6, 6.07) is 9.21. The number of rotatable bonds is 6. The first kappa shape index (κ1) is 16.4. The van der Waals surface area contributed by atoms with Crippen molar-refractivity contribution in [2.24, 2.45) is 7.05 Å². The second kappa shape index (κ2) is 7.42. The molecule has 24 heavy (non-hydrogen) atoms. The summed E-state index contributed by atoms with van der Waals surface area (Å²) < 4.78 is 1.72. The molecule has 0 saturated carbocycles. The Kier molecular flexibility index (Phi) is 5.08. The van der Waals surface area contributed by atoms with Crippen molar-refractivity contribution in [1.82, 2.24) is 19.7 Å². The van der Waals surface area contributed by atoms with Crippen molar-refractivity contribution in [3.05, 3.63) is 59.5 Å². The zero-order chi connectivity index (χ0) is 16.9. The Hall–Kier alpha value is -2.44. The average Bonchev–Trinajstić information content (AvgIpc) is 3.03. The van der Waals surface area contributed by atoms with Crippen LogP contribution in [-0.4, -0.2) is 37.5 Å². The molecule has 2 aromatic heterocycles. The molecule has 6 nitrogen and oxygen atoms in total. The molecule has 1 unspecified atom stereocenters. The van der Waals surface area contributed by atoms with E-state index in [9.17, 15) is 5.11 Å². The van der Waals surface area contributed by atoms with E-state index in [0.29, 0.717) is 17.4 Å². The van der Waals surface area contributed by atoms with E-state index in [4.69, 9.17) is 11.6 Å². The third kappa shape index (κ3) is 4.10. The van der Waals surface area contributed by atoms with Crippen LogP contribution in [0.2, 0.25) is 5.02 Å². The molecule has 3 rings (SSSR count). The summed E-state index contributed by atoms with van der Waals surface area (Å²) in [5, 5.41) is 17.7. The largest absolute Gasteiger partial charge is 0.394 e. The maximum atomic E-state index is 9.64. The van der Waals surface area contributed by atoms with E-state index in [0.717, 1.165) is 16.8 Å². The van der Waals surface area contributed by atoms with Gasteiger partial charge in [0, 0.05) is 30.0 Å². The van der Waals surface area contributed by atoms with Gasteiger partial charge in [-0.1, -0.05) is 23.7 Å². The molecule has 124 valence electrons. The van der Waals surface area contributed by atoms with E-state index in [1.807, 2.05) is 43.6 Å². The summed E-state index contributed by atoms with van der Waals surface area (Å²) in [5.74, 6) is 0.476. The highest BCUT2D eigenvalue weighted by Gasteiger charge is 2.11. The number of hydrogen-bond acceptors (Lipinski definition) is 5. The number of nitrogens with zero attached hydrogens (tertiary/aromatic N) is 4. The lowest BCUT2D eigenvalue weighted by atomic mass is 10.1. The Balaban J connectivity index is 1.72. The SMILES string of the molecule is Cn1cc(-c2ccnc(NC(CO)Cc3ccc(Cl)cc3)n2)cn1. The normalized spacial score (nSPS) is 12.1. The lowest BCUT2D eigenvalue weighted by Gasteiger charge is -2.16. The predicted octanol–water partition coefficient (Wildman–Crippen LogP) is 2.55. The first-order valence-corrected chi connectivity index (χ1v) is 7.96. The molecule has 2 N–H and O–H groups in total. The molecule has 0 saturated heterocycles. The highest BCUT2D eigenvalue weighted by Crippen LogP contribution is 2.17. The van der Waals surface area contributed by atoms with Gasteiger partial charge in [-0.05, 0) is 30.2 Å². The van der Waals surface area contributed by atoms with Gasteiger partial charge in [-0.15, -0.1) is 0 Å². The lowest BCUT2D eigenvalue weighted by Crippen LogP contribution is -2.27. The van der Waals surface area contributed by atoms with Gasteiger partial charge in [-0.25, -0.2) is 9.97 Å². The molecule has 0 aliphatic rings. The molecule has 0 bridgehead atoms. The third-order valence-corrected chi connectivity index (χ3v) is 3.86. The molecule has 2 heterocycles. The Bertz CT molecular complexity index is 803. The number of aliphatic hydroxyl groups is 1. The van der Waals surface area contributed by atoms with Crippen LogP contribution in [0, 0.1) is 0 Å². The van der Waals surface area contributed by atoms with Gasteiger partial charge in [0.2, 0.25) is 5.95 Å². The Morgan fingerprint density at radius 1 is 1.25 bits per heavy atom. The summed E-state index contributed by atoms with van der Waals surface area (Å²) in [6.07, 6.45) is 5.98. The fourth-order valence-electron chi connectivity index (χ4n) is 2.39. The van der Waals surface area contributed by atoms with E-state index < -0.39 is 0 Å². The molecular weight excluding hydrogens is 326 g/mol. The molecule has 1 atom stereocenters. The second-order valence-electron chi connectivity index (χ2n) is 5.52. The number of aliphatic hydroxyl groups excluding tert-OH is 1. The summed E-state index contributed by atoms with van der Waals surface area (Å²) >= 11 is 5.90. The van der Waals surface area contributed by atoms with Crippen LogP contribution in [0.25, 0.3) is 11.3 Å². The monoisotopic (exact) mass is 343 g/mol. The molecule has 1 aromatic carbocycles. The molecule has 0 fully saturated rings. The standard InChI is InChI=1S/C17H18ClN5O/c1-23-10-13(9-20-23)16-6-7-19-17(22-16)21-15(11-24)8-12-2-4-14(18)5-3-12/h2-7,9-10,15,24H,8,11H2,1H3,(H,19,21,22). The Labute approximate surface area is 145 Å². The van der Waals surface area contributed by atoms with Crippen LogP contribution in [0.4, 0.5) is 5.95 Å². The van der Waals surface area contributed by atoms with Crippen molar-refractivity contribution in [3.63, 3.8) is 0 Å². The predicted molar refractivity (Wildman–Crippen MR) is 93.9 cm³/mol. The topological polar surface area (TPSA) is 75.9 Å². The van der Waals surface area contributed by atoms with Crippen molar-refractivity contribution in [1.29, 1.82) is 0 Å². The molecule has 3 aromatic rings. The Morgan fingerprint density at radius 2 is 2.04 bits per heavy atom. The van der Waals surface area contributed by atoms with Crippen LogP contribution in [0.1, 0.15) is 5.56 Å². The maximum absolute atomic E-state index is 9.64. The van der Waals surface area contributed by atoms with Gasteiger partial charge in [-0.3, -0.25) is 4.68 Å². The summed E-state index contributed by atoms with van der Waals surface area (Å²) in [4.78, 5) is 8.73. The number of aromatic nitrogens is 4. The number of benzene rings is 1. The average molecular weight is 344 g/mol. The first-order chi connectivity index (χ1) is 11.6. The lowest BCUT2D eigenvalue weighted by molar-refractivity contribution is 0.273. The maximum Gasteiger partial charge on any atom is 0.223 e. The van der Waals surface area contributed by atoms with Gasteiger partial charge < -0.3 is 10.4 Å². The van der Waals surface area contributed by atoms with Crippen LogP contribution < -0.4 is 5.32 Å². The van der Waals surface area contributed by atoms with E-state index in [2.05, 4.69) is 20.4 Å². The zero-order valence-corrected chi connectivity index (χ0v) is 14.0. The molecule has 0 amide bonds. The molecule has 0 radical (unpaired) electrons. The van der Waals surface area contributed by atoms with Crippen LogP contribution in [-0.2, 0) is 13.5 Å². The van der Waals surface area contributed by atoms with Crippen LogP contribution in [0.5, 0.6) is 0 Å². The van der Waals surface area contributed by atoms with Crippen LogP contribution in [0.15, 0.2) is 48.9 Å². The smallest absolute Gasteiger partial charge is 0.223 e. The van der Waals surface area contributed by atoms with Crippen molar-refractivity contribution in [2.45, 2.75) is 12.5 Å². The number of hydrogen-bond donors (Lipinski definition) is 2. The Morgan fingerprint density at radius 3 is 2.71 bits per heavy atom. The van der Waals surface area contributed by atoms with Gasteiger partial charge in [0.1, 0.15) is 0 Å². The summed E-state index contributed by atoms with van der Waals surface area (Å²) in [5.41, 5.74) is 2.78. The van der Waals surface area contributed by atoms with Crippen molar-refractivity contribution >= 4 is 17.5 Å². The van der Waals surface area contributed by atoms with Gasteiger partial charge in [0.05, 0.1) is 24.5 Å². The highest BCUT2D eigenvalue weighted by molar-refractivity contribution is 6.30. The number of halogens is 1. The van der Waals surface area contributed by atoms with Gasteiger partial charge in [0.15, 0.2) is 0 Å². The minimum Gasteiger partial charge on any atom is -0.394 e. The minimum absolute atomic E-state index is 0.0247. The summed E-state index contributed by atoms with van der Waals surface area (Å²) in [7, 11) is 1.86. The number of anilines is 1. The molecular formula is C17H18ClN5O. The van der Waals surface area contributed by atoms with Crippen molar-refractivity contribution in [3.8, 4) is 11.3 Å². The minimum atomic E-state index is -0.185. The van der Waals surface area contributed by atoms with E-state index in [1.54, 1.807) is 17.1 Å². The first-order valence-electron chi connectivity index (χ1n) is 7.58. The van der Waals surface area contributed by atoms with Crippen molar-refractivity contribution in [2.75, 3.05) is 11.9 Å². The quantitative estimate of drug-likeness (QED) is 0.719. The van der Waals surface area contributed by atoms with E-state index in [-0.39, 0.29) is 12.6 Å². The number of nitrogens with one attached hydrogen (secondary N) is 1. The van der Waals surface area contributed by atoms with E-state index >= 15 is 0 Å². The van der Waals surface area contributed by atoms with Crippen LogP contribution >= 0.6 is 11.6 Å². The molecule has 7 heteroatoms. The van der Waals surface area contributed by atoms with Gasteiger partial charge in [0.25, 0.3) is 0 Å². The molecule has 0 aliphatic heterocycles. The number of aryl methyl sites for hydroxylation is 1. The van der Waals surface area contributed by atoms with Crippen LogP contribution in [0.3, 0.4) is 0 Å². The second-order valence-corrected chi connectivity index (χ2v) is 5.96. The zero-order valence-electron chi connectivity index (χ0n) is 13.2. The van der Waals surface area contributed by atoms with Crippen molar-refractivity contribution < 1.29 is 5.11 Å². The van der Waals surface area contributed by atoms with Gasteiger partial charge in [-0.2, -0.15) is 5.10 Å². The summed E-state index contributed by atoms with van der Waals surface area (Å²) in [6.45, 7) is -0.0247. The molecule has 0 spiro atoms. The van der Waals surface area contributed by atoms with E-state index in [1.165, 1.54) is 0 Å². The third-order valence-electron chi connectivity index (χ3n) is 3.61. The fourth-order valence-corrected chi connectivity index (χ4v) is 2.52. The fraction of sp³-hybridized carbons (Fsp3) is 0.235. The molecule has 0 aliphatic carbocycles.